The van der Waals surface area contributed by atoms with E-state index in [1.807, 2.05) is 0 Å². The van der Waals surface area contributed by atoms with Crippen LogP contribution < -0.4 is 14.8 Å². The van der Waals surface area contributed by atoms with Crippen molar-refractivity contribution in [3.63, 3.8) is 0 Å². The highest BCUT2D eigenvalue weighted by Gasteiger charge is 2.35. The second kappa shape index (κ2) is 9.43. The van der Waals surface area contributed by atoms with Crippen LogP contribution in [0.4, 0.5) is 4.39 Å². The van der Waals surface area contributed by atoms with Crippen LogP contribution in [0.1, 0.15) is 27.3 Å². The lowest BCUT2D eigenvalue weighted by Gasteiger charge is -2.27. The molecule has 4 rings (SSSR count). The minimum Gasteiger partial charge on any atom is -0.497 e. The van der Waals surface area contributed by atoms with Gasteiger partial charge in [-0.15, -0.1) is 0 Å². The molecule has 34 heavy (non-hydrogen) atoms. The number of rotatable bonds is 7. The van der Waals surface area contributed by atoms with Crippen molar-refractivity contribution in [3.05, 3.63) is 70.8 Å². The quantitative estimate of drug-likeness (QED) is 0.547. The van der Waals surface area contributed by atoms with Crippen LogP contribution >= 0.6 is 0 Å². The number of nitrogens with zero attached hydrogens (tertiary/aromatic N) is 3. The molecule has 1 amide bonds. The third-order valence-electron chi connectivity index (χ3n) is 5.78. The molecule has 11 heteroatoms. The largest absolute Gasteiger partial charge is 0.497 e. The molecule has 0 radical (unpaired) electrons. The van der Waals surface area contributed by atoms with Gasteiger partial charge in [0.25, 0.3) is 5.91 Å². The van der Waals surface area contributed by atoms with Crippen molar-refractivity contribution in [1.82, 2.24) is 19.4 Å². The molecule has 1 N–H and O–H groups in total. The molecule has 180 valence electrons. The van der Waals surface area contributed by atoms with E-state index in [1.54, 1.807) is 36.0 Å². The highest BCUT2D eigenvalue weighted by atomic mass is 32.2. The monoisotopic (exact) mass is 488 g/mol. The topological polar surface area (TPSA) is 103 Å². The van der Waals surface area contributed by atoms with Crippen molar-refractivity contribution in [3.8, 4) is 11.5 Å². The molecule has 2 heterocycles. The summed E-state index contributed by atoms with van der Waals surface area (Å²) in [6.45, 7) is 0.407. The van der Waals surface area contributed by atoms with Crippen LogP contribution in [-0.4, -0.2) is 49.2 Å². The molecular weight excluding hydrogens is 463 g/mol. The summed E-state index contributed by atoms with van der Waals surface area (Å²) in [4.78, 5) is 12.9. The lowest BCUT2D eigenvalue weighted by atomic mass is 10.1. The zero-order chi connectivity index (χ0) is 24.5. The molecule has 0 aliphatic carbocycles. The Hall–Kier alpha value is -3.44. The average Bonchev–Trinajstić information content (AvgIpc) is 3.19. The van der Waals surface area contributed by atoms with Gasteiger partial charge in [-0.25, -0.2) is 12.8 Å². The van der Waals surface area contributed by atoms with Gasteiger partial charge in [-0.05, 0) is 29.8 Å². The lowest BCUT2D eigenvalue weighted by molar-refractivity contribution is 0.0943. The number of hydrogen-bond donors (Lipinski definition) is 1. The second-order valence-electron chi connectivity index (χ2n) is 7.81. The number of aryl methyl sites for hydroxylation is 1. The van der Waals surface area contributed by atoms with Gasteiger partial charge in [-0.3, -0.25) is 9.48 Å². The number of hydrogen-bond acceptors (Lipinski definition) is 6. The maximum atomic E-state index is 13.5. The van der Waals surface area contributed by atoms with E-state index in [2.05, 4.69) is 10.4 Å². The Kier molecular flexibility index (Phi) is 6.58. The molecule has 0 spiro atoms. The smallest absolute Gasteiger partial charge is 0.272 e. The normalized spacial score (nSPS) is 13.9. The van der Waals surface area contributed by atoms with Crippen LogP contribution in [0.5, 0.6) is 11.5 Å². The number of nitrogens with one attached hydrogen (secondary N) is 1. The van der Waals surface area contributed by atoms with E-state index in [0.717, 1.165) is 11.3 Å². The van der Waals surface area contributed by atoms with Crippen molar-refractivity contribution >= 4 is 15.9 Å². The fourth-order valence-corrected chi connectivity index (χ4v) is 5.53. The van der Waals surface area contributed by atoms with Gasteiger partial charge in [0, 0.05) is 50.4 Å². The van der Waals surface area contributed by atoms with E-state index in [0.29, 0.717) is 17.7 Å². The molecule has 0 unspecified atom stereocenters. The maximum absolute atomic E-state index is 13.5. The van der Waals surface area contributed by atoms with E-state index in [4.69, 9.17) is 9.47 Å². The van der Waals surface area contributed by atoms with Crippen molar-refractivity contribution in [2.75, 3.05) is 20.8 Å². The molecule has 3 aromatic rings. The Morgan fingerprint density at radius 2 is 1.88 bits per heavy atom. The number of fused-ring (bicyclic) bond motifs is 1. The summed E-state index contributed by atoms with van der Waals surface area (Å²) in [6.07, 6.45) is 0.398. The molecule has 0 bridgehead atoms. The van der Waals surface area contributed by atoms with Gasteiger partial charge in [0.2, 0.25) is 10.0 Å². The minimum absolute atomic E-state index is 0.00876. The van der Waals surface area contributed by atoms with Crippen molar-refractivity contribution in [2.45, 2.75) is 24.4 Å². The number of ether oxygens (including phenoxy) is 2. The van der Waals surface area contributed by atoms with Crippen LogP contribution in [0, 0.1) is 5.82 Å². The minimum atomic E-state index is -3.95. The Bertz CT molecular complexity index is 1320. The van der Waals surface area contributed by atoms with E-state index in [1.165, 1.54) is 36.7 Å². The predicted octanol–water partition coefficient (Wildman–Crippen LogP) is 2.25. The third-order valence-corrected chi connectivity index (χ3v) is 7.64. The summed E-state index contributed by atoms with van der Waals surface area (Å²) in [7, 11) is 0.637. The number of methoxy groups -OCH3 is 2. The van der Waals surface area contributed by atoms with Gasteiger partial charge in [0.1, 0.15) is 22.2 Å². The molecule has 1 aliphatic heterocycles. The molecule has 2 aromatic carbocycles. The lowest BCUT2D eigenvalue weighted by Crippen LogP contribution is -2.37. The number of carbonyl (C=O) groups is 1. The first-order valence-corrected chi connectivity index (χ1v) is 12.0. The van der Waals surface area contributed by atoms with E-state index in [9.17, 15) is 17.6 Å². The number of aromatic nitrogens is 2. The zero-order valence-electron chi connectivity index (χ0n) is 19.0. The molecule has 0 atom stereocenters. The summed E-state index contributed by atoms with van der Waals surface area (Å²) < 4.78 is 53.5. The molecule has 9 nitrogen and oxygen atoms in total. The first-order chi connectivity index (χ1) is 16.2. The summed E-state index contributed by atoms with van der Waals surface area (Å²) in [5.41, 5.74) is 2.25. The summed E-state index contributed by atoms with van der Waals surface area (Å²) >= 11 is 0. The fraction of sp³-hybridized carbons (Fsp3) is 0.304. The third kappa shape index (κ3) is 4.48. The SMILES string of the molecule is COc1ccc(OC)c(S(=O)(=O)N2CCc3c(c(C(=O)NCc4ccc(F)cc4)nn3C)C2)c1. The highest BCUT2D eigenvalue weighted by molar-refractivity contribution is 7.89. The van der Waals surface area contributed by atoms with Crippen molar-refractivity contribution < 1.29 is 27.1 Å². The van der Waals surface area contributed by atoms with Gasteiger partial charge in [-0.2, -0.15) is 9.40 Å². The van der Waals surface area contributed by atoms with Gasteiger partial charge in [-0.1, -0.05) is 12.1 Å². The first-order valence-electron chi connectivity index (χ1n) is 10.5. The molecule has 0 saturated carbocycles. The molecule has 0 saturated heterocycles. The van der Waals surface area contributed by atoms with E-state index < -0.39 is 15.9 Å². The van der Waals surface area contributed by atoms with Crippen molar-refractivity contribution in [1.29, 1.82) is 0 Å². The predicted molar refractivity (Wildman–Crippen MR) is 122 cm³/mol. The Morgan fingerprint density at radius 3 is 2.56 bits per heavy atom. The molecular formula is C23H25FN4O5S. The van der Waals surface area contributed by atoms with Crippen LogP contribution in [0.15, 0.2) is 47.4 Å². The number of sulfonamides is 1. The Morgan fingerprint density at radius 1 is 1.15 bits per heavy atom. The maximum Gasteiger partial charge on any atom is 0.272 e. The van der Waals surface area contributed by atoms with Crippen molar-refractivity contribution in [2.24, 2.45) is 7.05 Å². The van der Waals surface area contributed by atoms with E-state index >= 15 is 0 Å². The summed E-state index contributed by atoms with van der Waals surface area (Å²) in [5.74, 6) is -0.198. The second-order valence-corrected chi connectivity index (χ2v) is 9.72. The average molecular weight is 489 g/mol. The highest BCUT2D eigenvalue weighted by Crippen LogP contribution is 2.33. The number of benzene rings is 2. The van der Waals surface area contributed by atoms with E-state index in [-0.39, 0.29) is 41.8 Å². The molecule has 1 aromatic heterocycles. The zero-order valence-corrected chi connectivity index (χ0v) is 19.9. The number of carbonyl (C=O) groups excluding carboxylic acids is 1. The van der Waals surface area contributed by atoms with Crippen LogP contribution in [-0.2, 0) is 36.6 Å². The summed E-state index contributed by atoms with van der Waals surface area (Å²) in [5, 5.41) is 7.12. The van der Waals surface area contributed by atoms with Gasteiger partial charge >= 0.3 is 0 Å². The van der Waals surface area contributed by atoms with Gasteiger partial charge < -0.3 is 14.8 Å². The molecule has 1 aliphatic rings. The van der Waals surface area contributed by atoms with Gasteiger partial charge in [0.05, 0.1) is 14.2 Å². The Labute approximate surface area is 197 Å². The summed E-state index contributed by atoms with van der Waals surface area (Å²) in [6, 6.07) is 10.4. The van der Waals surface area contributed by atoms with Gasteiger partial charge in [0.15, 0.2) is 5.69 Å². The fourth-order valence-electron chi connectivity index (χ4n) is 3.95. The number of halogens is 1. The van der Waals surface area contributed by atoms with Crippen LogP contribution in [0.2, 0.25) is 0 Å². The first kappa shape index (κ1) is 23.7. The standard InChI is InChI=1S/C23H25FN4O5S/c1-27-19-10-11-28(34(30,31)21-12-17(32-2)8-9-20(21)33-3)14-18(19)22(26-27)23(29)25-13-15-4-6-16(24)7-5-15/h4-9,12H,10-11,13-14H2,1-3H3,(H,25,29). The Balaban J connectivity index is 1.60. The molecule has 0 fully saturated rings. The van der Waals surface area contributed by atoms with Crippen LogP contribution in [0.3, 0.4) is 0 Å². The number of amides is 1. The van der Waals surface area contributed by atoms with Crippen LogP contribution in [0.25, 0.3) is 0 Å².